The van der Waals surface area contributed by atoms with E-state index >= 15 is 0 Å². The van der Waals surface area contributed by atoms with Crippen molar-refractivity contribution in [3.63, 3.8) is 0 Å². The highest BCUT2D eigenvalue weighted by Crippen LogP contribution is 2.07. The fraction of sp³-hybridized carbons (Fsp3) is 0.400. The molecule has 0 radical (unpaired) electrons. The van der Waals surface area contributed by atoms with Gasteiger partial charge >= 0.3 is 6.01 Å². The van der Waals surface area contributed by atoms with E-state index in [1.54, 1.807) is 12.4 Å². The molecule has 0 fully saturated rings. The maximum atomic E-state index is 5.57. The number of hydrogen-bond acceptors (Lipinski definition) is 6. The van der Waals surface area contributed by atoms with Gasteiger partial charge in [0, 0.05) is 18.5 Å². The first-order valence-electron chi connectivity index (χ1n) is 5.17. The van der Waals surface area contributed by atoms with Gasteiger partial charge < -0.3 is 9.73 Å². The average molecular weight is 254 g/mol. The highest BCUT2D eigenvalue weighted by molar-refractivity contribution is 6.17. The number of alkyl halides is 1. The van der Waals surface area contributed by atoms with Crippen LogP contribution in [0.4, 0.5) is 6.01 Å². The number of aryl methyl sites for hydroxylation is 2. The van der Waals surface area contributed by atoms with Crippen LogP contribution in [-0.2, 0) is 13.0 Å². The van der Waals surface area contributed by atoms with Crippen molar-refractivity contribution >= 4 is 17.6 Å². The van der Waals surface area contributed by atoms with E-state index in [1.807, 2.05) is 6.92 Å². The molecule has 0 amide bonds. The number of nitrogens with one attached hydrogen (secondary N) is 1. The summed E-state index contributed by atoms with van der Waals surface area (Å²) in [6, 6.07) is 0.368. The second-order valence-corrected chi connectivity index (χ2v) is 3.82. The molecule has 2 heterocycles. The van der Waals surface area contributed by atoms with Crippen molar-refractivity contribution in [2.45, 2.75) is 19.9 Å². The molecule has 0 aliphatic carbocycles. The Labute approximate surface area is 103 Å². The number of anilines is 1. The van der Waals surface area contributed by atoms with Gasteiger partial charge in [0.15, 0.2) is 0 Å². The van der Waals surface area contributed by atoms with Crippen molar-refractivity contribution in [3.8, 4) is 0 Å². The maximum Gasteiger partial charge on any atom is 0.315 e. The Morgan fingerprint density at radius 1 is 1.29 bits per heavy atom. The minimum absolute atomic E-state index is 0.368. The smallest absolute Gasteiger partial charge is 0.315 e. The Bertz CT molecular complexity index is 470. The van der Waals surface area contributed by atoms with Crippen molar-refractivity contribution in [2.24, 2.45) is 0 Å². The van der Waals surface area contributed by atoms with Gasteiger partial charge in [0.05, 0.1) is 24.1 Å². The Hall–Kier alpha value is -1.69. The minimum atomic E-state index is 0.368. The normalized spacial score (nSPS) is 10.5. The maximum absolute atomic E-state index is 5.57. The Kier molecular flexibility index (Phi) is 3.87. The van der Waals surface area contributed by atoms with E-state index in [1.165, 1.54) is 0 Å². The second kappa shape index (κ2) is 5.58. The number of rotatable bonds is 5. The first-order chi connectivity index (χ1) is 8.28. The fourth-order valence-electron chi connectivity index (χ4n) is 1.18. The summed E-state index contributed by atoms with van der Waals surface area (Å²) >= 11 is 5.57. The summed E-state index contributed by atoms with van der Waals surface area (Å²) in [6.07, 6.45) is 3.99. The number of halogens is 1. The zero-order valence-corrected chi connectivity index (χ0v) is 10.1. The van der Waals surface area contributed by atoms with Crippen LogP contribution in [-0.4, -0.2) is 26.0 Å². The standard InChI is InChI=1S/C10H12ClN5O/c1-7-4-13-8(5-12-7)6-14-10-16-15-9(17-10)2-3-11/h4-5H,2-3,6H2,1H3,(H,14,16). The molecule has 0 saturated heterocycles. The summed E-state index contributed by atoms with van der Waals surface area (Å²) < 4.78 is 5.30. The van der Waals surface area contributed by atoms with Gasteiger partial charge in [-0.15, -0.1) is 16.7 Å². The van der Waals surface area contributed by atoms with Crippen molar-refractivity contribution in [1.29, 1.82) is 0 Å². The summed E-state index contributed by atoms with van der Waals surface area (Å²) in [5.41, 5.74) is 1.70. The molecule has 90 valence electrons. The first kappa shape index (κ1) is 11.8. The van der Waals surface area contributed by atoms with Crippen molar-refractivity contribution in [1.82, 2.24) is 20.2 Å². The zero-order chi connectivity index (χ0) is 12.1. The highest BCUT2D eigenvalue weighted by Gasteiger charge is 2.05. The summed E-state index contributed by atoms with van der Waals surface area (Å²) in [7, 11) is 0. The summed E-state index contributed by atoms with van der Waals surface area (Å²) in [6.45, 7) is 2.39. The lowest BCUT2D eigenvalue weighted by Gasteiger charge is -2.00. The third-order valence-electron chi connectivity index (χ3n) is 2.03. The van der Waals surface area contributed by atoms with Gasteiger partial charge in [0.25, 0.3) is 0 Å². The van der Waals surface area contributed by atoms with E-state index in [-0.39, 0.29) is 0 Å². The zero-order valence-electron chi connectivity index (χ0n) is 9.35. The molecule has 2 aromatic rings. The lowest BCUT2D eigenvalue weighted by molar-refractivity contribution is 0.512. The van der Waals surface area contributed by atoms with Crippen LogP contribution in [0.3, 0.4) is 0 Å². The van der Waals surface area contributed by atoms with Gasteiger partial charge in [0.1, 0.15) is 0 Å². The SMILES string of the molecule is Cc1cnc(CNc2nnc(CCCl)o2)cn1. The second-order valence-electron chi connectivity index (χ2n) is 3.44. The molecular weight excluding hydrogens is 242 g/mol. The summed E-state index contributed by atoms with van der Waals surface area (Å²) in [4.78, 5) is 8.34. The monoisotopic (exact) mass is 253 g/mol. The Morgan fingerprint density at radius 3 is 2.88 bits per heavy atom. The topological polar surface area (TPSA) is 76.7 Å². The van der Waals surface area contributed by atoms with Gasteiger partial charge in [-0.05, 0) is 6.92 Å². The van der Waals surface area contributed by atoms with Gasteiger partial charge in [0.2, 0.25) is 5.89 Å². The molecule has 0 spiro atoms. The highest BCUT2D eigenvalue weighted by atomic mass is 35.5. The quantitative estimate of drug-likeness (QED) is 0.815. The van der Waals surface area contributed by atoms with Gasteiger partial charge in [-0.3, -0.25) is 9.97 Å². The van der Waals surface area contributed by atoms with Crippen LogP contribution >= 0.6 is 11.6 Å². The van der Waals surface area contributed by atoms with Crippen LogP contribution in [0.5, 0.6) is 0 Å². The summed E-state index contributed by atoms with van der Waals surface area (Å²) in [5.74, 6) is 0.989. The molecule has 0 saturated carbocycles. The van der Waals surface area contributed by atoms with Crippen LogP contribution in [0.1, 0.15) is 17.3 Å². The molecule has 2 aromatic heterocycles. The molecule has 6 nitrogen and oxygen atoms in total. The molecule has 0 bridgehead atoms. The first-order valence-corrected chi connectivity index (χ1v) is 5.71. The number of aromatic nitrogens is 4. The van der Waals surface area contributed by atoms with E-state index in [0.717, 1.165) is 11.4 Å². The number of nitrogens with zero attached hydrogens (tertiary/aromatic N) is 4. The molecule has 1 N–H and O–H groups in total. The van der Waals surface area contributed by atoms with E-state index in [0.29, 0.717) is 30.8 Å². The molecule has 0 aromatic carbocycles. The molecule has 2 rings (SSSR count). The lowest BCUT2D eigenvalue weighted by Crippen LogP contribution is -2.02. The molecule has 0 aliphatic heterocycles. The third kappa shape index (κ3) is 3.39. The predicted molar refractivity (Wildman–Crippen MR) is 62.8 cm³/mol. The van der Waals surface area contributed by atoms with Gasteiger partial charge in [-0.1, -0.05) is 5.10 Å². The summed E-state index contributed by atoms with van der Waals surface area (Å²) in [5, 5.41) is 10.6. The van der Waals surface area contributed by atoms with Crippen molar-refractivity contribution in [3.05, 3.63) is 29.7 Å². The predicted octanol–water partition coefficient (Wildman–Crippen LogP) is 1.56. The minimum Gasteiger partial charge on any atom is -0.408 e. The van der Waals surface area contributed by atoms with Crippen LogP contribution < -0.4 is 5.32 Å². The molecular formula is C10H12ClN5O. The van der Waals surface area contributed by atoms with E-state index in [9.17, 15) is 0 Å². The molecule has 17 heavy (non-hydrogen) atoms. The van der Waals surface area contributed by atoms with Crippen molar-refractivity contribution in [2.75, 3.05) is 11.2 Å². The van der Waals surface area contributed by atoms with Gasteiger partial charge in [-0.2, -0.15) is 0 Å². The molecule has 0 aliphatic rings. The molecule has 7 heteroatoms. The van der Waals surface area contributed by atoms with Crippen molar-refractivity contribution < 1.29 is 4.42 Å². The van der Waals surface area contributed by atoms with E-state index in [4.69, 9.17) is 16.0 Å². The average Bonchev–Trinajstić information content (AvgIpc) is 2.77. The Morgan fingerprint density at radius 2 is 2.18 bits per heavy atom. The van der Waals surface area contributed by atoms with Crippen LogP contribution in [0.2, 0.25) is 0 Å². The van der Waals surface area contributed by atoms with Crippen LogP contribution in [0, 0.1) is 6.92 Å². The lowest BCUT2D eigenvalue weighted by atomic mass is 10.4. The van der Waals surface area contributed by atoms with E-state index < -0.39 is 0 Å². The van der Waals surface area contributed by atoms with Crippen LogP contribution in [0.15, 0.2) is 16.8 Å². The number of hydrogen-bond donors (Lipinski definition) is 1. The third-order valence-corrected chi connectivity index (χ3v) is 2.22. The Balaban J connectivity index is 1.90. The van der Waals surface area contributed by atoms with Crippen LogP contribution in [0.25, 0.3) is 0 Å². The molecule has 0 atom stereocenters. The largest absolute Gasteiger partial charge is 0.408 e. The molecule has 0 unspecified atom stereocenters. The van der Waals surface area contributed by atoms with E-state index in [2.05, 4.69) is 25.5 Å². The van der Waals surface area contributed by atoms with Gasteiger partial charge in [-0.25, -0.2) is 0 Å². The fourth-order valence-corrected chi connectivity index (χ4v) is 1.35.